The number of amides is 2. The van der Waals surface area contributed by atoms with E-state index in [0.29, 0.717) is 6.54 Å². The summed E-state index contributed by atoms with van der Waals surface area (Å²) < 4.78 is 13.6. The number of nitrogens with one attached hydrogen (secondary N) is 2. The van der Waals surface area contributed by atoms with Crippen LogP contribution >= 0.6 is 11.3 Å². The second kappa shape index (κ2) is 7.44. The van der Waals surface area contributed by atoms with Gasteiger partial charge in [-0.1, -0.05) is 36.4 Å². The number of carbonyl (C=O) groups is 1. The summed E-state index contributed by atoms with van der Waals surface area (Å²) in [7, 11) is 0. The molecule has 3 aromatic rings. The molecule has 0 aliphatic rings. The predicted molar refractivity (Wildman–Crippen MR) is 99.3 cm³/mol. The van der Waals surface area contributed by atoms with E-state index in [1.165, 1.54) is 12.1 Å². The molecule has 1 heterocycles. The summed E-state index contributed by atoms with van der Waals surface area (Å²) in [5.74, 6) is -0.464. The summed E-state index contributed by atoms with van der Waals surface area (Å²) in [5, 5.41) is 6.19. The lowest BCUT2D eigenvalue weighted by Gasteiger charge is -2.07. The van der Waals surface area contributed by atoms with Crippen LogP contribution in [0.4, 0.5) is 14.9 Å². The van der Waals surface area contributed by atoms with Crippen LogP contribution in [0.25, 0.3) is 10.6 Å². The van der Waals surface area contributed by atoms with Gasteiger partial charge in [-0.2, -0.15) is 0 Å². The van der Waals surface area contributed by atoms with Crippen LogP contribution in [-0.2, 0) is 6.54 Å². The van der Waals surface area contributed by atoms with Gasteiger partial charge in [-0.05, 0) is 31.5 Å². The Balaban J connectivity index is 1.67. The average Bonchev–Trinajstić information content (AvgIpc) is 2.96. The molecule has 4 nitrogen and oxygen atoms in total. The van der Waals surface area contributed by atoms with Gasteiger partial charge in [-0.15, -0.1) is 11.3 Å². The van der Waals surface area contributed by atoms with E-state index in [9.17, 15) is 9.18 Å². The van der Waals surface area contributed by atoms with Crippen molar-refractivity contribution >= 4 is 23.1 Å². The summed E-state index contributed by atoms with van der Waals surface area (Å²) in [6.45, 7) is 4.31. The van der Waals surface area contributed by atoms with Crippen LogP contribution in [0.3, 0.4) is 0 Å². The molecule has 0 radical (unpaired) electrons. The van der Waals surface area contributed by atoms with E-state index < -0.39 is 11.8 Å². The molecule has 128 valence electrons. The molecule has 0 bridgehead atoms. The van der Waals surface area contributed by atoms with Gasteiger partial charge in [0.1, 0.15) is 10.8 Å². The zero-order valence-electron chi connectivity index (χ0n) is 14.0. The monoisotopic (exact) mass is 355 g/mol. The third-order valence-electron chi connectivity index (χ3n) is 3.80. The van der Waals surface area contributed by atoms with Gasteiger partial charge in [0.25, 0.3) is 0 Å². The van der Waals surface area contributed by atoms with Gasteiger partial charge in [0.15, 0.2) is 0 Å². The van der Waals surface area contributed by atoms with Crippen LogP contribution in [0.5, 0.6) is 0 Å². The molecule has 0 saturated heterocycles. The fraction of sp³-hybridized carbons (Fsp3) is 0.158. The fourth-order valence-electron chi connectivity index (χ4n) is 2.41. The Morgan fingerprint density at radius 2 is 1.84 bits per heavy atom. The molecule has 2 amide bonds. The lowest BCUT2D eigenvalue weighted by atomic mass is 10.1. The summed E-state index contributed by atoms with van der Waals surface area (Å²) in [6.07, 6.45) is 0. The Morgan fingerprint density at radius 3 is 2.60 bits per heavy atom. The highest BCUT2D eigenvalue weighted by Crippen LogP contribution is 2.30. The molecule has 25 heavy (non-hydrogen) atoms. The quantitative estimate of drug-likeness (QED) is 0.700. The van der Waals surface area contributed by atoms with Gasteiger partial charge in [-0.3, -0.25) is 0 Å². The number of anilines is 1. The Kier molecular flexibility index (Phi) is 5.09. The molecule has 2 N–H and O–H groups in total. The number of aryl methyl sites for hydroxylation is 2. The van der Waals surface area contributed by atoms with Crippen molar-refractivity contribution in [1.82, 2.24) is 10.3 Å². The zero-order chi connectivity index (χ0) is 17.8. The van der Waals surface area contributed by atoms with Gasteiger partial charge in [-0.25, -0.2) is 14.2 Å². The first kappa shape index (κ1) is 17.1. The van der Waals surface area contributed by atoms with Crippen LogP contribution in [-0.4, -0.2) is 11.0 Å². The van der Waals surface area contributed by atoms with Gasteiger partial charge < -0.3 is 10.6 Å². The molecule has 2 aromatic carbocycles. The minimum atomic E-state index is -0.464. The van der Waals surface area contributed by atoms with Crippen LogP contribution < -0.4 is 10.6 Å². The summed E-state index contributed by atoms with van der Waals surface area (Å²) in [5.41, 5.74) is 3.29. The summed E-state index contributed by atoms with van der Waals surface area (Å²) in [6, 6.07) is 13.7. The zero-order valence-corrected chi connectivity index (χ0v) is 14.8. The number of hydrogen-bond donors (Lipinski definition) is 2. The van der Waals surface area contributed by atoms with Gasteiger partial charge in [0.2, 0.25) is 0 Å². The molecule has 0 aliphatic carbocycles. The van der Waals surface area contributed by atoms with E-state index in [-0.39, 0.29) is 5.69 Å². The standard InChI is InChI=1S/C19H18FN3OS/c1-12-7-3-4-8-14(12)18-22-13(2)17(25-18)11-21-19(24)23-16-10-6-5-9-15(16)20/h3-10H,11H2,1-2H3,(H2,21,23,24). The number of benzene rings is 2. The first-order valence-corrected chi connectivity index (χ1v) is 8.68. The molecule has 0 aliphatic heterocycles. The van der Waals surface area contributed by atoms with Crippen LogP contribution in [0, 0.1) is 19.7 Å². The number of thiazole rings is 1. The lowest BCUT2D eigenvalue weighted by Crippen LogP contribution is -2.28. The van der Waals surface area contributed by atoms with Crippen LogP contribution in [0.2, 0.25) is 0 Å². The SMILES string of the molecule is Cc1ccccc1-c1nc(C)c(CNC(=O)Nc2ccccc2F)s1. The van der Waals surface area contributed by atoms with E-state index in [1.807, 2.05) is 38.1 Å². The lowest BCUT2D eigenvalue weighted by molar-refractivity contribution is 0.251. The predicted octanol–water partition coefficient (Wildman–Crippen LogP) is 4.89. The van der Waals surface area contributed by atoms with Crippen molar-refractivity contribution in [3.05, 3.63) is 70.5 Å². The Labute approximate surface area is 149 Å². The minimum absolute atomic E-state index is 0.154. The maximum atomic E-state index is 13.6. The number of carbonyl (C=O) groups excluding carboxylic acids is 1. The third kappa shape index (κ3) is 4.03. The van der Waals surface area contributed by atoms with E-state index >= 15 is 0 Å². The highest BCUT2D eigenvalue weighted by molar-refractivity contribution is 7.15. The van der Waals surface area contributed by atoms with E-state index in [2.05, 4.69) is 15.6 Å². The van der Waals surface area contributed by atoms with E-state index in [0.717, 1.165) is 26.7 Å². The first-order valence-electron chi connectivity index (χ1n) is 7.86. The number of halogens is 1. The normalized spacial score (nSPS) is 10.5. The number of rotatable bonds is 4. The molecular weight excluding hydrogens is 337 g/mol. The van der Waals surface area contributed by atoms with E-state index in [1.54, 1.807) is 23.5 Å². The summed E-state index contributed by atoms with van der Waals surface area (Å²) in [4.78, 5) is 17.6. The van der Waals surface area contributed by atoms with Crippen LogP contribution in [0.15, 0.2) is 48.5 Å². The number of nitrogens with zero attached hydrogens (tertiary/aromatic N) is 1. The van der Waals surface area contributed by atoms with Crippen molar-refractivity contribution in [2.75, 3.05) is 5.32 Å². The highest BCUT2D eigenvalue weighted by atomic mass is 32.1. The smallest absolute Gasteiger partial charge is 0.319 e. The van der Waals surface area contributed by atoms with Crippen molar-refractivity contribution in [3.63, 3.8) is 0 Å². The van der Waals surface area contributed by atoms with Crippen molar-refractivity contribution in [2.45, 2.75) is 20.4 Å². The van der Waals surface area contributed by atoms with E-state index in [4.69, 9.17) is 0 Å². The van der Waals surface area contributed by atoms with Crippen molar-refractivity contribution < 1.29 is 9.18 Å². The largest absolute Gasteiger partial charge is 0.333 e. The van der Waals surface area contributed by atoms with Gasteiger partial charge >= 0.3 is 6.03 Å². The molecular formula is C19H18FN3OS. The second-order valence-electron chi connectivity index (χ2n) is 5.63. The number of urea groups is 1. The third-order valence-corrected chi connectivity index (χ3v) is 4.99. The molecule has 0 fully saturated rings. The van der Waals surface area contributed by atoms with Gasteiger partial charge in [0.05, 0.1) is 17.9 Å². The van der Waals surface area contributed by atoms with Crippen molar-refractivity contribution in [3.8, 4) is 10.6 Å². The number of aromatic nitrogens is 1. The maximum Gasteiger partial charge on any atom is 0.319 e. The Hall–Kier alpha value is -2.73. The minimum Gasteiger partial charge on any atom is -0.333 e. The molecule has 6 heteroatoms. The van der Waals surface area contributed by atoms with Crippen molar-refractivity contribution in [2.24, 2.45) is 0 Å². The van der Waals surface area contributed by atoms with Gasteiger partial charge in [0, 0.05) is 10.4 Å². The second-order valence-corrected chi connectivity index (χ2v) is 6.71. The molecule has 0 atom stereocenters. The van der Waals surface area contributed by atoms with Crippen molar-refractivity contribution in [1.29, 1.82) is 0 Å². The Bertz CT molecular complexity index is 907. The Morgan fingerprint density at radius 1 is 1.12 bits per heavy atom. The number of hydrogen-bond acceptors (Lipinski definition) is 3. The maximum absolute atomic E-state index is 13.6. The number of para-hydroxylation sites is 1. The molecule has 0 saturated carbocycles. The molecule has 0 spiro atoms. The highest BCUT2D eigenvalue weighted by Gasteiger charge is 2.12. The fourth-order valence-corrected chi connectivity index (χ4v) is 3.50. The average molecular weight is 355 g/mol. The first-order chi connectivity index (χ1) is 12.0. The molecule has 1 aromatic heterocycles. The van der Waals surface area contributed by atoms with Crippen LogP contribution in [0.1, 0.15) is 16.1 Å². The topological polar surface area (TPSA) is 54.0 Å². The molecule has 0 unspecified atom stereocenters. The summed E-state index contributed by atoms with van der Waals surface area (Å²) >= 11 is 1.55. The molecule has 3 rings (SSSR count).